The fourth-order valence-electron chi connectivity index (χ4n) is 9.09. The molecule has 4 rings (SSSR count). The van der Waals surface area contributed by atoms with Crippen LogP contribution in [0.5, 0.6) is 0 Å². The lowest BCUT2D eigenvalue weighted by Crippen LogP contribution is -2.49. The van der Waals surface area contributed by atoms with Gasteiger partial charge in [-0.1, -0.05) is 102 Å². The average molecular weight is 485 g/mol. The number of carbonyl (C=O) groups is 1. The first-order valence-electron chi connectivity index (χ1n) is 16.1. The Labute approximate surface area is 217 Å². The topological polar surface area (TPSA) is 37.3 Å². The molecule has 0 aromatic rings. The van der Waals surface area contributed by atoms with Crippen LogP contribution >= 0.6 is 0 Å². The molecule has 200 valence electrons. The highest BCUT2D eigenvalue weighted by atomic mass is 16.3. The third-order valence-electron chi connectivity index (χ3n) is 11.0. The van der Waals surface area contributed by atoms with E-state index < -0.39 is 0 Å². The van der Waals surface area contributed by atoms with Gasteiger partial charge in [-0.05, 0) is 86.5 Å². The number of rotatable bonds is 15. The number of aliphatic hydroxyl groups is 1. The van der Waals surface area contributed by atoms with Crippen molar-refractivity contribution in [2.75, 3.05) is 0 Å². The minimum absolute atomic E-state index is 0.0553. The van der Waals surface area contributed by atoms with Gasteiger partial charge in [0, 0.05) is 6.42 Å². The molecule has 2 nitrogen and oxygen atoms in total. The molecule has 0 heterocycles. The molecule has 4 aliphatic rings. The van der Waals surface area contributed by atoms with E-state index in [1.165, 1.54) is 128 Å². The number of aliphatic hydroxyl groups excluding tert-OH is 1. The summed E-state index contributed by atoms with van der Waals surface area (Å²) in [6, 6.07) is 0. The van der Waals surface area contributed by atoms with Gasteiger partial charge in [0.25, 0.3) is 0 Å². The average Bonchev–Trinajstić information content (AvgIpc) is 3.20. The normalized spacial score (nSPS) is 34.3. The molecule has 3 saturated carbocycles. The number of unbranched alkanes of at least 4 members (excludes halogenated alkanes) is 13. The van der Waals surface area contributed by atoms with Crippen LogP contribution in [-0.4, -0.2) is 17.0 Å². The van der Waals surface area contributed by atoms with Crippen LogP contribution < -0.4 is 0 Å². The van der Waals surface area contributed by atoms with E-state index in [2.05, 4.69) is 6.92 Å². The molecule has 3 fully saturated rings. The lowest BCUT2D eigenvalue weighted by Gasteiger charge is -2.54. The van der Waals surface area contributed by atoms with E-state index in [9.17, 15) is 9.90 Å². The minimum Gasteiger partial charge on any atom is -0.393 e. The number of allylic oxidation sites excluding steroid dienone is 1. The Morgan fingerprint density at radius 2 is 1.37 bits per heavy atom. The van der Waals surface area contributed by atoms with Crippen molar-refractivity contribution in [2.45, 2.75) is 161 Å². The highest BCUT2D eigenvalue weighted by Gasteiger charge is 2.57. The van der Waals surface area contributed by atoms with Crippen molar-refractivity contribution >= 4 is 5.78 Å². The molecule has 0 bridgehead atoms. The maximum absolute atomic E-state index is 12.0. The van der Waals surface area contributed by atoms with E-state index >= 15 is 0 Å². The van der Waals surface area contributed by atoms with Gasteiger partial charge >= 0.3 is 0 Å². The standard InChI is InChI=1S/C33H56O2/c1-2-3-4-5-6-7-8-9-10-11-12-13-14-15-23-33-24-22-29-28-19-17-27(34)25-26(28)16-18-30(29)31(33)20-21-32(33)35/h25,28-32,35H,2-24H2,1H3/t28-,29+,30+,31-,32-,33-/m0/s1. The van der Waals surface area contributed by atoms with Crippen molar-refractivity contribution in [3.63, 3.8) is 0 Å². The maximum atomic E-state index is 12.0. The summed E-state index contributed by atoms with van der Waals surface area (Å²) in [7, 11) is 0. The monoisotopic (exact) mass is 484 g/mol. The van der Waals surface area contributed by atoms with Gasteiger partial charge in [0.1, 0.15) is 0 Å². The van der Waals surface area contributed by atoms with E-state index in [0.717, 1.165) is 43.4 Å². The second kappa shape index (κ2) is 13.8. The van der Waals surface area contributed by atoms with E-state index in [-0.39, 0.29) is 11.5 Å². The van der Waals surface area contributed by atoms with Gasteiger partial charge < -0.3 is 5.11 Å². The first-order chi connectivity index (χ1) is 17.2. The van der Waals surface area contributed by atoms with Crippen LogP contribution in [0.2, 0.25) is 0 Å². The molecule has 35 heavy (non-hydrogen) atoms. The zero-order chi connectivity index (χ0) is 24.5. The molecule has 0 saturated heterocycles. The second-order valence-corrected chi connectivity index (χ2v) is 13.0. The van der Waals surface area contributed by atoms with E-state index in [1.54, 1.807) is 0 Å². The molecule has 0 aromatic carbocycles. The lowest BCUT2D eigenvalue weighted by atomic mass is 9.51. The molecular formula is C33H56O2. The van der Waals surface area contributed by atoms with E-state index in [0.29, 0.717) is 11.7 Å². The number of fused-ring (bicyclic) bond motifs is 5. The smallest absolute Gasteiger partial charge is 0.155 e. The molecular weight excluding hydrogens is 428 g/mol. The Kier molecular flexibility index (Phi) is 10.8. The van der Waals surface area contributed by atoms with Crippen molar-refractivity contribution in [1.29, 1.82) is 0 Å². The van der Waals surface area contributed by atoms with Crippen LogP contribution in [0, 0.1) is 29.1 Å². The van der Waals surface area contributed by atoms with Crippen molar-refractivity contribution in [2.24, 2.45) is 29.1 Å². The van der Waals surface area contributed by atoms with Gasteiger partial charge in [-0.25, -0.2) is 0 Å². The van der Waals surface area contributed by atoms with E-state index in [4.69, 9.17) is 0 Å². The van der Waals surface area contributed by atoms with E-state index in [1.807, 2.05) is 6.08 Å². The SMILES string of the molecule is CCCCCCCCCCCCCCCC[C@]12CC[C@H]3[C@@H](CCC4=CC(=O)CC[C@@H]43)[C@@H]1CC[C@@H]2O. The summed E-state index contributed by atoms with van der Waals surface area (Å²) >= 11 is 0. The van der Waals surface area contributed by atoms with Gasteiger partial charge in [0.15, 0.2) is 5.78 Å². The molecule has 6 atom stereocenters. The number of hydrogen-bond acceptors (Lipinski definition) is 2. The Morgan fingerprint density at radius 3 is 2.03 bits per heavy atom. The van der Waals surface area contributed by atoms with Crippen LogP contribution in [0.15, 0.2) is 11.6 Å². The Morgan fingerprint density at radius 1 is 0.743 bits per heavy atom. The molecule has 0 spiro atoms. The van der Waals surface area contributed by atoms with Gasteiger partial charge in [-0.15, -0.1) is 0 Å². The van der Waals surface area contributed by atoms with Gasteiger partial charge in [-0.2, -0.15) is 0 Å². The number of ketones is 1. The van der Waals surface area contributed by atoms with Gasteiger partial charge in [-0.3, -0.25) is 4.79 Å². The highest BCUT2D eigenvalue weighted by molar-refractivity contribution is 5.91. The van der Waals surface area contributed by atoms with Crippen molar-refractivity contribution in [3.05, 3.63) is 11.6 Å². The minimum atomic E-state index is -0.0553. The van der Waals surface area contributed by atoms with Crippen LogP contribution in [0.3, 0.4) is 0 Å². The Bertz CT molecular complexity index is 681. The predicted octanol–water partition coefficient (Wildman–Crippen LogP) is 9.34. The first-order valence-corrected chi connectivity index (χ1v) is 16.1. The maximum Gasteiger partial charge on any atom is 0.155 e. The van der Waals surface area contributed by atoms with Crippen LogP contribution in [0.25, 0.3) is 0 Å². The zero-order valence-corrected chi connectivity index (χ0v) is 23.1. The van der Waals surface area contributed by atoms with Crippen molar-refractivity contribution in [3.8, 4) is 0 Å². The quantitative estimate of drug-likeness (QED) is 0.235. The predicted molar refractivity (Wildman–Crippen MR) is 147 cm³/mol. The fourth-order valence-corrected chi connectivity index (χ4v) is 9.09. The molecule has 2 heteroatoms. The molecule has 0 amide bonds. The largest absolute Gasteiger partial charge is 0.393 e. The molecule has 4 aliphatic carbocycles. The molecule has 0 unspecified atom stereocenters. The van der Waals surface area contributed by atoms with Crippen LogP contribution in [0.4, 0.5) is 0 Å². The third-order valence-corrected chi connectivity index (χ3v) is 11.0. The number of carbonyl (C=O) groups excluding carboxylic acids is 1. The molecule has 0 aliphatic heterocycles. The highest BCUT2D eigenvalue weighted by Crippen LogP contribution is 2.63. The summed E-state index contributed by atoms with van der Waals surface area (Å²) in [5.41, 5.74) is 1.71. The summed E-state index contributed by atoms with van der Waals surface area (Å²) in [5.74, 6) is 3.40. The third kappa shape index (κ3) is 6.82. The summed E-state index contributed by atoms with van der Waals surface area (Å²) in [5, 5.41) is 11.2. The summed E-state index contributed by atoms with van der Waals surface area (Å²) in [4.78, 5) is 12.0. The summed E-state index contributed by atoms with van der Waals surface area (Å²) < 4.78 is 0. The Hall–Kier alpha value is -0.630. The zero-order valence-electron chi connectivity index (χ0n) is 23.1. The Balaban J connectivity index is 1.12. The van der Waals surface area contributed by atoms with Crippen LogP contribution in [0.1, 0.15) is 155 Å². The second-order valence-electron chi connectivity index (χ2n) is 13.0. The summed E-state index contributed by atoms with van der Waals surface area (Å²) in [6.45, 7) is 2.30. The van der Waals surface area contributed by atoms with Gasteiger partial charge in [0.05, 0.1) is 6.10 Å². The first kappa shape index (κ1) is 27.4. The van der Waals surface area contributed by atoms with Gasteiger partial charge in [0.2, 0.25) is 0 Å². The van der Waals surface area contributed by atoms with Crippen molar-refractivity contribution in [1.82, 2.24) is 0 Å². The molecule has 1 N–H and O–H groups in total. The molecule has 0 radical (unpaired) electrons. The lowest BCUT2D eigenvalue weighted by molar-refractivity contribution is -0.116. The summed E-state index contributed by atoms with van der Waals surface area (Å²) in [6.07, 6.45) is 32.2. The molecule has 0 aromatic heterocycles. The number of hydrogen-bond donors (Lipinski definition) is 1. The van der Waals surface area contributed by atoms with Crippen molar-refractivity contribution < 1.29 is 9.90 Å². The van der Waals surface area contributed by atoms with Crippen LogP contribution in [-0.2, 0) is 4.79 Å². The fraction of sp³-hybridized carbons (Fsp3) is 0.909.